The predicted molar refractivity (Wildman–Crippen MR) is 50.9 cm³/mol. The molecule has 1 aromatic carbocycles. The lowest BCUT2D eigenvalue weighted by molar-refractivity contribution is 0.101. The third kappa shape index (κ3) is 1.88. The van der Waals surface area contributed by atoms with Crippen LogP contribution in [0.5, 0.6) is 0 Å². The summed E-state index contributed by atoms with van der Waals surface area (Å²) < 4.78 is 0. The molecule has 0 spiro atoms. The summed E-state index contributed by atoms with van der Waals surface area (Å²) in [5.41, 5.74) is 1.64. The molecule has 0 atom stereocenters. The first kappa shape index (κ1) is 9.76. The summed E-state index contributed by atoms with van der Waals surface area (Å²) in [6, 6.07) is 5.14. The van der Waals surface area contributed by atoms with E-state index < -0.39 is 0 Å². The van der Waals surface area contributed by atoms with Crippen molar-refractivity contribution in [2.75, 3.05) is 0 Å². The van der Waals surface area contributed by atoms with E-state index in [4.69, 9.17) is 16.9 Å². The standard InChI is InChI=1S/C10H8ClNO/c1-6-3-8(7(2)13)4-9(5-12)10(6)11/h3-4H,1-2H3. The number of rotatable bonds is 1. The number of halogens is 1. The molecule has 0 bridgehead atoms. The van der Waals surface area contributed by atoms with E-state index in [2.05, 4.69) is 0 Å². The van der Waals surface area contributed by atoms with Crippen LogP contribution >= 0.6 is 11.6 Å². The Morgan fingerprint density at radius 1 is 1.54 bits per heavy atom. The minimum absolute atomic E-state index is 0.0590. The van der Waals surface area contributed by atoms with Gasteiger partial charge in [0.25, 0.3) is 0 Å². The summed E-state index contributed by atoms with van der Waals surface area (Å²) in [6.45, 7) is 3.24. The molecule has 2 nitrogen and oxygen atoms in total. The lowest BCUT2D eigenvalue weighted by Gasteiger charge is -2.02. The topological polar surface area (TPSA) is 40.9 Å². The number of Topliss-reactive ketones (excluding diaryl/α,β-unsaturated/α-hetero) is 1. The van der Waals surface area contributed by atoms with Crippen molar-refractivity contribution in [3.63, 3.8) is 0 Å². The van der Waals surface area contributed by atoms with E-state index >= 15 is 0 Å². The fourth-order valence-electron chi connectivity index (χ4n) is 1.05. The van der Waals surface area contributed by atoms with Gasteiger partial charge in [-0.15, -0.1) is 0 Å². The van der Waals surface area contributed by atoms with Crippen molar-refractivity contribution in [2.45, 2.75) is 13.8 Å². The smallest absolute Gasteiger partial charge is 0.159 e. The molecule has 0 radical (unpaired) electrons. The van der Waals surface area contributed by atoms with Crippen molar-refractivity contribution < 1.29 is 4.79 Å². The van der Waals surface area contributed by atoms with Gasteiger partial charge in [0, 0.05) is 5.56 Å². The maximum absolute atomic E-state index is 11.0. The molecule has 0 aliphatic rings. The Morgan fingerprint density at radius 2 is 2.15 bits per heavy atom. The molecule has 0 fully saturated rings. The molecular weight excluding hydrogens is 186 g/mol. The summed E-state index contributed by atoms with van der Waals surface area (Å²) in [7, 11) is 0. The Kier molecular flexibility index (Phi) is 2.69. The molecule has 13 heavy (non-hydrogen) atoms. The molecule has 0 saturated carbocycles. The van der Waals surface area contributed by atoms with Crippen molar-refractivity contribution >= 4 is 17.4 Å². The molecule has 66 valence electrons. The van der Waals surface area contributed by atoms with Crippen LogP contribution in [-0.4, -0.2) is 5.78 Å². The summed E-state index contributed by atoms with van der Waals surface area (Å²) >= 11 is 5.84. The number of ketones is 1. The van der Waals surface area contributed by atoms with Gasteiger partial charge in [0.1, 0.15) is 6.07 Å². The minimum atomic E-state index is -0.0590. The summed E-state index contributed by atoms with van der Waals surface area (Å²) in [5, 5.41) is 9.13. The van der Waals surface area contributed by atoms with Crippen molar-refractivity contribution in [3.05, 3.63) is 33.8 Å². The Balaban J connectivity index is 3.41. The quantitative estimate of drug-likeness (QED) is 0.644. The highest BCUT2D eigenvalue weighted by atomic mass is 35.5. The van der Waals surface area contributed by atoms with E-state index in [-0.39, 0.29) is 5.78 Å². The fraction of sp³-hybridized carbons (Fsp3) is 0.200. The molecule has 0 unspecified atom stereocenters. The average molecular weight is 194 g/mol. The van der Waals surface area contributed by atoms with Crippen molar-refractivity contribution in [1.29, 1.82) is 5.26 Å². The van der Waals surface area contributed by atoms with Crippen LogP contribution in [0.2, 0.25) is 5.02 Å². The highest BCUT2D eigenvalue weighted by Crippen LogP contribution is 2.22. The second kappa shape index (κ2) is 3.59. The number of benzene rings is 1. The molecule has 0 amide bonds. The lowest BCUT2D eigenvalue weighted by atomic mass is 10.0. The monoisotopic (exact) mass is 193 g/mol. The second-order valence-electron chi connectivity index (χ2n) is 2.82. The third-order valence-electron chi connectivity index (χ3n) is 1.78. The number of nitrogens with zero attached hydrogens (tertiary/aromatic N) is 1. The van der Waals surface area contributed by atoms with Crippen molar-refractivity contribution in [1.82, 2.24) is 0 Å². The molecule has 0 aromatic heterocycles. The number of hydrogen-bond acceptors (Lipinski definition) is 2. The summed E-state index contributed by atoms with van der Waals surface area (Å²) in [6.07, 6.45) is 0. The zero-order chi connectivity index (χ0) is 10.0. The Morgan fingerprint density at radius 3 is 2.62 bits per heavy atom. The number of hydrogen-bond donors (Lipinski definition) is 0. The second-order valence-corrected chi connectivity index (χ2v) is 3.20. The maximum Gasteiger partial charge on any atom is 0.159 e. The van der Waals surface area contributed by atoms with Gasteiger partial charge in [0.05, 0.1) is 10.6 Å². The molecule has 1 rings (SSSR count). The van der Waals surface area contributed by atoms with Gasteiger partial charge < -0.3 is 0 Å². The zero-order valence-corrected chi connectivity index (χ0v) is 8.14. The lowest BCUT2D eigenvalue weighted by Crippen LogP contribution is -1.95. The predicted octanol–water partition coefficient (Wildman–Crippen LogP) is 2.72. The Hall–Kier alpha value is -1.33. The number of carbonyl (C=O) groups is 1. The van der Waals surface area contributed by atoms with E-state index in [9.17, 15) is 4.79 Å². The molecule has 0 aliphatic carbocycles. The molecule has 0 aliphatic heterocycles. The van der Waals surface area contributed by atoms with Crippen LogP contribution in [0.15, 0.2) is 12.1 Å². The SMILES string of the molecule is CC(=O)c1cc(C)c(Cl)c(C#N)c1. The average Bonchev–Trinajstić information content (AvgIpc) is 2.09. The van der Waals surface area contributed by atoms with Gasteiger partial charge in [-0.05, 0) is 31.5 Å². The molecule has 1 aromatic rings. The van der Waals surface area contributed by atoms with Gasteiger partial charge in [0.15, 0.2) is 5.78 Å². The van der Waals surface area contributed by atoms with Gasteiger partial charge in [0.2, 0.25) is 0 Å². The van der Waals surface area contributed by atoms with Gasteiger partial charge in [-0.2, -0.15) is 5.26 Å². The highest BCUT2D eigenvalue weighted by Gasteiger charge is 2.07. The van der Waals surface area contributed by atoms with Gasteiger partial charge in [-0.3, -0.25) is 4.79 Å². The summed E-state index contributed by atoms with van der Waals surface area (Å²) in [4.78, 5) is 11.0. The summed E-state index contributed by atoms with van der Waals surface area (Å²) in [5.74, 6) is -0.0590. The number of nitriles is 1. The van der Waals surface area contributed by atoms with Gasteiger partial charge in [-0.1, -0.05) is 11.6 Å². The maximum atomic E-state index is 11.0. The largest absolute Gasteiger partial charge is 0.295 e. The first-order valence-corrected chi connectivity index (χ1v) is 4.15. The molecular formula is C10H8ClNO. The van der Waals surface area contributed by atoms with Crippen LogP contribution in [0.3, 0.4) is 0 Å². The third-order valence-corrected chi connectivity index (χ3v) is 2.28. The normalized spacial score (nSPS) is 9.38. The van der Waals surface area contributed by atoms with E-state index in [1.54, 1.807) is 13.0 Å². The Labute approximate surface area is 81.7 Å². The van der Waals surface area contributed by atoms with E-state index in [1.807, 2.05) is 6.07 Å². The molecule has 3 heteroatoms. The van der Waals surface area contributed by atoms with Gasteiger partial charge >= 0.3 is 0 Å². The fourth-order valence-corrected chi connectivity index (χ4v) is 1.21. The Bertz CT molecular complexity index is 404. The first-order chi connectivity index (χ1) is 6.06. The molecule has 0 N–H and O–H groups in total. The van der Waals surface area contributed by atoms with Gasteiger partial charge in [-0.25, -0.2) is 0 Å². The van der Waals surface area contributed by atoms with Crippen LogP contribution in [-0.2, 0) is 0 Å². The van der Waals surface area contributed by atoms with Crippen LogP contribution in [0.4, 0.5) is 0 Å². The van der Waals surface area contributed by atoms with Crippen LogP contribution in [0.1, 0.15) is 28.4 Å². The number of aryl methyl sites for hydroxylation is 1. The van der Waals surface area contributed by atoms with E-state index in [0.29, 0.717) is 16.1 Å². The zero-order valence-electron chi connectivity index (χ0n) is 7.39. The van der Waals surface area contributed by atoms with Crippen molar-refractivity contribution in [3.8, 4) is 6.07 Å². The van der Waals surface area contributed by atoms with E-state index in [1.165, 1.54) is 13.0 Å². The van der Waals surface area contributed by atoms with E-state index in [0.717, 1.165) is 5.56 Å². The van der Waals surface area contributed by atoms with Crippen LogP contribution in [0.25, 0.3) is 0 Å². The molecule has 0 heterocycles. The number of carbonyl (C=O) groups excluding carboxylic acids is 1. The highest BCUT2D eigenvalue weighted by molar-refractivity contribution is 6.32. The van der Waals surface area contributed by atoms with Crippen LogP contribution in [0, 0.1) is 18.3 Å². The first-order valence-electron chi connectivity index (χ1n) is 3.77. The van der Waals surface area contributed by atoms with Crippen LogP contribution < -0.4 is 0 Å². The molecule has 0 saturated heterocycles. The van der Waals surface area contributed by atoms with Crippen molar-refractivity contribution in [2.24, 2.45) is 0 Å². The minimum Gasteiger partial charge on any atom is -0.295 e.